The smallest absolute Gasteiger partial charge is 0.0555 e. The molecule has 0 N–H and O–H groups in total. The number of aromatic nitrogens is 2. The molecule has 3 heterocycles. The van der Waals surface area contributed by atoms with Gasteiger partial charge in [-0.05, 0) is 106 Å². The maximum Gasteiger partial charge on any atom is 0.0555 e. The van der Waals surface area contributed by atoms with Crippen LogP contribution in [-0.2, 0) is 0 Å². The van der Waals surface area contributed by atoms with Gasteiger partial charge in [-0.25, -0.2) is 0 Å². The molecule has 0 fully saturated rings. The first-order valence-electron chi connectivity index (χ1n) is 19.5. The van der Waals surface area contributed by atoms with Crippen LogP contribution in [0.5, 0.6) is 0 Å². The van der Waals surface area contributed by atoms with Crippen molar-refractivity contribution in [1.82, 2.24) is 9.13 Å². The predicted octanol–water partition coefficient (Wildman–Crippen LogP) is 15.2. The highest BCUT2D eigenvalue weighted by Gasteiger charge is 2.19. The quantitative estimate of drug-likeness (QED) is 0.166. The fourth-order valence-corrected chi connectivity index (χ4v) is 10.2. The molecule has 12 rings (SSSR count). The van der Waals surface area contributed by atoms with Gasteiger partial charge in [0.2, 0.25) is 0 Å². The monoisotopic (exact) mass is 742 g/mol. The highest BCUT2D eigenvalue weighted by atomic mass is 32.1. The van der Waals surface area contributed by atoms with Gasteiger partial charge in [-0.1, -0.05) is 133 Å². The van der Waals surface area contributed by atoms with Crippen LogP contribution in [0.25, 0.3) is 109 Å². The topological polar surface area (TPSA) is 9.86 Å². The van der Waals surface area contributed by atoms with Gasteiger partial charge in [-0.3, -0.25) is 0 Å². The summed E-state index contributed by atoms with van der Waals surface area (Å²) < 4.78 is 7.54. The summed E-state index contributed by atoms with van der Waals surface area (Å²) in [6.07, 6.45) is 0. The number of hydrogen-bond donors (Lipinski definition) is 0. The molecular formula is C54H34N2S. The lowest BCUT2D eigenvalue weighted by Gasteiger charge is -2.11. The van der Waals surface area contributed by atoms with Gasteiger partial charge < -0.3 is 9.13 Å². The van der Waals surface area contributed by atoms with Gasteiger partial charge in [-0.15, -0.1) is 11.3 Å². The zero-order chi connectivity index (χ0) is 37.5. The molecule has 0 aliphatic heterocycles. The highest BCUT2D eigenvalue weighted by Crippen LogP contribution is 2.43. The summed E-state index contributed by atoms with van der Waals surface area (Å²) in [7, 11) is 0. The Morgan fingerprint density at radius 1 is 0.281 bits per heavy atom. The molecule has 0 unspecified atom stereocenters. The third-order valence-corrected chi connectivity index (χ3v) is 12.8. The van der Waals surface area contributed by atoms with Crippen LogP contribution in [0, 0.1) is 0 Å². The lowest BCUT2D eigenvalue weighted by Crippen LogP contribution is -1.95. The van der Waals surface area contributed by atoms with Crippen molar-refractivity contribution in [2.45, 2.75) is 0 Å². The van der Waals surface area contributed by atoms with Crippen molar-refractivity contribution >= 4 is 75.1 Å². The molecule has 2 nitrogen and oxygen atoms in total. The Balaban J connectivity index is 1.07. The fourth-order valence-electron chi connectivity index (χ4n) is 9.10. The first kappa shape index (κ1) is 32.1. The molecule has 0 saturated heterocycles. The summed E-state index contributed by atoms with van der Waals surface area (Å²) in [5.74, 6) is 0. The Bertz CT molecular complexity index is 3510. The summed E-state index contributed by atoms with van der Waals surface area (Å²) >= 11 is 1.87. The van der Waals surface area contributed by atoms with Crippen LogP contribution in [0.15, 0.2) is 206 Å². The third-order valence-electron chi connectivity index (χ3n) is 11.7. The summed E-state index contributed by atoms with van der Waals surface area (Å²) in [5.41, 5.74) is 14.5. The number of hydrogen-bond acceptors (Lipinski definition) is 1. The van der Waals surface area contributed by atoms with Crippen LogP contribution in [0.1, 0.15) is 0 Å². The molecule has 12 aromatic rings. The van der Waals surface area contributed by atoms with E-state index in [0.717, 1.165) is 5.69 Å². The zero-order valence-corrected chi connectivity index (χ0v) is 31.7. The van der Waals surface area contributed by atoms with E-state index in [9.17, 15) is 0 Å². The number of rotatable bonds is 5. The molecule has 57 heavy (non-hydrogen) atoms. The van der Waals surface area contributed by atoms with E-state index in [0.29, 0.717) is 0 Å². The van der Waals surface area contributed by atoms with Crippen LogP contribution < -0.4 is 0 Å². The van der Waals surface area contributed by atoms with Crippen molar-refractivity contribution in [1.29, 1.82) is 0 Å². The van der Waals surface area contributed by atoms with Gasteiger partial charge in [0.25, 0.3) is 0 Å². The number of fused-ring (bicyclic) bond motifs is 9. The molecule has 9 aromatic carbocycles. The second-order valence-electron chi connectivity index (χ2n) is 14.9. The predicted molar refractivity (Wildman–Crippen MR) is 244 cm³/mol. The highest BCUT2D eigenvalue weighted by molar-refractivity contribution is 7.25. The van der Waals surface area contributed by atoms with Crippen LogP contribution in [-0.4, -0.2) is 9.13 Å². The third kappa shape index (κ3) is 5.03. The van der Waals surface area contributed by atoms with E-state index < -0.39 is 0 Å². The van der Waals surface area contributed by atoms with Crippen LogP contribution >= 0.6 is 11.3 Å². The molecule has 0 saturated carbocycles. The molecule has 0 bridgehead atoms. The molecule has 266 valence electrons. The molecule has 3 aromatic heterocycles. The Labute approximate surface area is 333 Å². The molecule has 0 spiro atoms. The van der Waals surface area contributed by atoms with E-state index in [2.05, 4.69) is 215 Å². The van der Waals surface area contributed by atoms with Crippen molar-refractivity contribution in [3.05, 3.63) is 206 Å². The van der Waals surface area contributed by atoms with E-state index in [1.54, 1.807) is 0 Å². The Morgan fingerprint density at radius 3 is 1.44 bits per heavy atom. The second-order valence-corrected chi connectivity index (χ2v) is 16.0. The average Bonchev–Trinajstić information content (AvgIpc) is 3.94. The normalized spacial score (nSPS) is 11.9. The Hall–Kier alpha value is -7.20. The molecule has 0 atom stereocenters. The van der Waals surface area contributed by atoms with Gasteiger partial charge in [0.05, 0.1) is 27.8 Å². The van der Waals surface area contributed by atoms with E-state index in [1.165, 1.54) is 103 Å². The van der Waals surface area contributed by atoms with Crippen molar-refractivity contribution in [3.8, 4) is 44.8 Å². The van der Waals surface area contributed by atoms with Gasteiger partial charge in [0.1, 0.15) is 0 Å². The van der Waals surface area contributed by atoms with Gasteiger partial charge >= 0.3 is 0 Å². The number of nitrogens with zero attached hydrogens (tertiary/aromatic N) is 2. The Kier molecular flexibility index (Phi) is 7.13. The number of benzene rings is 9. The largest absolute Gasteiger partial charge is 0.309 e. The summed E-state index contributed by atoms with van der Waals surface area (Å²) in [5, 5.41) is 7.62. The summed E-state index contributed by atoms with van der Waals surface area (Å²) in [6.45, 7) is 0. The lowest BCUT2D eigenvalue weighted by atomic mass is 9.99. The molecule has 3 heteroatoms. The maximum absolute atomic E-state index is 2.47. The van der Waals surface area contributed by atoms with E-state index in [1.807, 2.05) is 11.3 Å². The molecule has 0 aliphatic carbocycles. The zero-order valence-electron chi connectivity index (χ0n) is 30.9. The SMILES string of the molecule is c1ccc(-c2cccc(-n3c4ccc(-c5ccccc5)cc4c4cc(-c5ccc6c(c5)c5ccccc5n6-c5cccc6sc7ccccc7c56)ccc43)c2)cc1. The van der Waals surface area contributed by atoms with Crippen molar-refractivity contribution in [3.63, 3.8) is 0 Å². The maximum atomic E-state index is 2.47. The average molecular weight is 743 g/mol. The van der Waals surface area contributed by atoms with E-state index in [-0.39, 0.29) is 0 Å². The van der Waals surface area contributed by atoms with Crippen molar-refractivity contribution in [2.24, 2.45) is 0 Å². The molecule has 0 radical (unpaired) electrons. The van der Waals surface area contributed by atoms with Gasteiger partial charge in [0.15, 0.2) is 0 Å². The standard InChI is InChI=1S/C54H34N2S/c1-3-13-35(14-4-1)37-17-11-18-41(31-37)55-48-28-25-38(36-15-5-2-6-16-36)32-45(48)46-34-40(26-29-49(46)55)39-27-30-50-44(33-39)42-19-7-9-21-47(42)56(50)51-22-12-24-53-54(51)43-20-8-10-23-52(43)57-53/h1-34H. The molecule has 0 amide bonds. The summed E-state index contributed by atoms with van der Waals surface area (Å²) in [6, 6.07) is 75.7. The van der Waals surface area contributed by atoms with Gasteiger partial charge in [0, 0.05) is 47.4 Å². The van der Waals surface area contributed by atoms with E-state index >= 15 is 0 Å². The van der Waals surface area contributed by atoms with Gasteiger partial charge in [-0.2, -0.15) is 0 Å². The molecule has 0 aliphatic rings. The van der Waals surface area contributed by atoms with E-state index in [4.69, 9.17) is 0 Å². The minimum atomic E-state index is 1.15. The number of thiophene rings is 1. The number of para-hydroxylation sites is 1. The van der Waals surface area contributed by atoms with Crippen LogP contribution in [0.2, 0.25) is 0 Å². The minimum absolute atomic E-state index is 1.15. The van der Waals surface area contributed by atoms with Crippen LogP contribution in [0.3, 0.4) is 0 Å². The molecular weight excluding hydrogens is 709 g/mol. The second kappa shape index (κ2) is 12.7. The first-order chi connectivity index (χ1) is 28.3. The van der Waals surface area contributed by atoms with Crippen LogP contribution in [0.4, 0.5) is 0 Å². The first-order valence-corrected chi connectivity index (χ1v) is 20.3. The van der Waals surface area contributed by atoms with Crippen molar-refractivity contribution in [2.75, 3.05) is 0 Å². The Morgan fingerprint density at radius 2 is 0.754 bits per heavy atom. The van der Waals surface area contributed by atoms with Crippen molar-refractivity contribution < 1.29 is 0 Å². The summed E-state index contributed by atoms with van der Waals surface area (Å²) in [4.78, 5) is 0. The fraction of sp³-hybridized carbons (Fsp3) is 0. The minimum Gasteiger partial charge on any atom is -0.309 e. The lowest BCUT2D eigenvalue weighted by molar-refractivity contribution is 1.18.